The van der Waals surface area contributed by atoms with E-state index in [9.17, 15) is 9.59 Å². The monoisotopic (exact) mass is 484 g/mol. The van der Waals surface area contributed by atoms with Crippen LogP contribution in [0.4, 0.5) is 0 Å². The predicted octanol–water partition coefficient (Wildman–Crippen LogP) is 4.03. The third kappa shape index (κ3) is 5.01. The summed E-state index contributed by atoms with van der Waals surface area (Å²) in [7, 11) is 0. The van der Waals surface area contributed by atoms with E-state index in [0.29, 0.717) is 5.82 Å². The molecule has 10 heteroatoms. The first-order valence-corrected chi connectivity index (χ1v) is 13.4. The number of nitrogens with one attached hydrogen (secondary N) is 1. The van der Waals surface area contributed by atoms with Crippen LogP contribution in [0, 0.1) is 0 Å². The zero-order valence-electron chi connectivity index (χ0n) is 18.4. The number of carbonyl (C=O) groups excluding carboxylic acids is 2. The van der Waals surface area contributed by atoms with Crippen molar-refractivity contribution in [3.63, 3.8) is 0 Å². The summed E-state index contributed by atoms with van der Waals surface area (Å²) < 4.78 is 0. The van der Waals surface area contributed by atoms with Crippen LogP contribution in [0.15, 0.2) is 35.0 Å². The molecular formula is C23H28N6O2S2. The molecule has 8 nitrogen and oxygen atoms in total. The largest absolute Gasteiger partial charge is 0.351 e. The molecule has 0 aromatic carbocycles. The smallest absolute Gasteiger partial charge is 0.248 e. The number of rotatable bonds is 8. The van der Waals surface area contributed by atoms with E-state index in [1.165, 1.54) is 27.5 Å². The average molecular weight is 485 g/mol. The van der Waals surface area contributed by atoms with Crippen molar-refractivity contribution >= 4 is 34.5 Å². The first-order chi connectivity index (χ1) is 16.2. The van der Waals surface area contributed by atoms with Crippen LogP contribution in [0.1, 0.15) is 62.3 Å². The van der Waals surface area contributed by atoms with Crippen LogP contribution in [-0.2, 0) is 16.1 Å². The van der Waals surface area contributed by atoms with E-state index in [2.05, 4.69) is 20.7 Å². The zero-order chi connectivity index (χ0) is 22.6. The van der Waals surface area contributed by atoms with Crippen molar-refractivity contribution in [1.82, 2.24) is 30.4 Å². The maximum Gasteiger partial charge on any atom is 0.248 e. The van der Waals surface area contributed by atoms with Gasteiger partial charge in [0.2, 0.25) is 17.6 Å². The number of hydrogen-bond acceptors (Lipinski definition) is 7. The quantitative estimate of drug-likeness (QED) is 0.521. The molecule has 3 aromatic heterocycles. The van der Waals surface area contributed by atoms with Crippen LogP contribution in [0.25, 0.3) is 10.7 Å². The molecule has 1 N–H and O–H groups in total. The SMILES string of the molecule is O=C(NC1CCCC1)[C@@H](c1cccs1)N(C(=O)Cn1nnc(-c2cccs2)n1)C1CCCC1. The topological polar surface area (TPSA) is 93.0 Å². The number of nitrogens with zero attached hydrogens (tertiary/aromatic N) is 5. The Morgan fingerprint density at radius 3 is 2.48 bits per heavy atom. The molecular weight excluding hydrogens is 456 g/mol. The third-order valence-corrected chi connectivity index (χ3v) is 8.31. The van der Waals surface area contributed by atoms with Crippen molar-refractivity contribution < 1.29 is 9.59 Å². The molecule has 0 saturated heterocycles. The fourth-order valence-electron chi connectivity index (χ4n) is 4.95. The minimum Gasteiger partial charge on any atom is -0.351 e. The van der Waals surface area contributed by atoms with E-state index in [1.807, 2.05) is 39.9 Å². The number of thiophene rings is 2. The zero-order valence-corrected chi connectivity index (χ0v) is 20.1. The molecule has 0 unspecified atom stereocenters. The molecule has 33 heavy (non-hydrogen) atoms. The van der Waals surface area contributed by atoms with Gasteiger partial charge in [-0.15, -0.1) is 32.9 Å². The highest BCUT2D eigenvalue weighted by Crippen LogP contribution is 2.34. The molecule has 174 valence electrons. The van der Waals surface area contributed by atoms with Crippen molar-refractivity contribution in [3.05, 3.63) is 39.9 Å². The van der Waals surface area contributed by atoms with Gasteiger partial charge in [-0.05, 0) is 53.8 Å². The van der Waals surface area contributed by atoms with E-state index in [4.69, 9.17) is 0 Å². The van der Waals surface area contributed by atoms with Crippen LogP contribution < -0.4 is 5.32 Å². The Balaban J connectivity index is 1.41. The van der Waals surface area contributed by atoms with Gasteiger partial charge < -0.3 is 10.2 Å². The van der Waals surface area contributed by atoms with Gasteiger partial charge in [0.25, 0.3) is 0 Å². The Bertz CT molecular complexity index is 1050. The second-order valence-electron chi connectivity index (χ2n) is 8.77. The van der Waals surface area contributed by atoms with Gasteiger partial charge in [0.1, 0.15) is 12.6 Å². The Morgan fingerprint density at radius 2 is 1.79 bits per heavy atom. The summed E-state index contributed by atoms with van der Waals surface area (Å²) in [6, 6.07) is 7.38. The number of aromatic nitrogens is 4. The van der Waals surface area contributed by atoms with E-state index < -0.39 is 6.04 Å². The Labute approximate surface area is 201 Å². The molecule has 5 rings (SSSR count). The molecule has 2 amide bonds. The number of tetrazole rings is 1. The van der Waals surface area contributed by atoms with Crippen molar-refractivity contribution in [2.75, 3.05) is 0 Å². The van der Waals surface area contributed by atoms with Crippen molar-refractivity contribution in [3.8, 4) is 10.7 Å². The molecule has 0 spiro atoms. The minimum atomic E-state index is -0.624. The van der Waals surface area contributed by atoms with E-state index in [0.717, 1.165) is 61.1 Å². The van der Waals surface area contributed by atoms with Gasteiger partial charge >= 0.3 is 0 Å². The maximum atomic E-state index is 13.7. The van der Waals surface area contributed by atoms with Crippen molar-refractivity contribution in [2.24, 2.45) is 0 Å². The standard InChI is InChI=1S/C23H28N6O2S2/c30-20(15-28-26-22(25-27-28)19-12-6-14-33-19)29(17-9-3-4-10-17)21(18-11-5-13-32-18)23(31)24-16-7-1-2-8-16/h5-6,11-14,16-17,21H,1-4,7-10,15H2,(H,24,31)/t21-/m1/s1. The number of amides is 2. The van der Waals surface area contributed by atoms with Crippen LogP contribution in [0.5, 0.6) is 0 Å². The first-order valence-electron chi connectivity index (χ1n) is 11.7. The lowest BCUT2D eigenvalue weighted by Gasteiger charge is -2.35. The van der Waals surface area contributed by atoms with E-state index in [-0.39, 0.29) is 30.4 Å². The predicted molar refractivity (Wildman–Crippen MR) is 128 cm³/mol. The highest BCUT2D eigenvalue weighted by molar-refractivity contribution is 7.13. The highest BCUT2D eigenvalue weighted by atomic mass is 32.1. The molecule has 1 atom stereocenters. The molecule has 2 aliphatic carbocycles. The second kappa shape index (κ2) is 10.1. The van der Waals surface area contributed by atoms with Crippen LogP contribution in [-0.4, -0.2) is 49.0 Å². The third-order valence-electron chi connectivity index (χ3n) is 6.52. The van der Waals surface area contributed by atoms with Crippen LogP contribution in [0.3, 0.4) is 0 Å². The Kier molecular flexibility index (Phi) is 6.82. The lowest BCUT2D eigenvalue weighted by Crippen LogP contribution is -2.50. The number of carbonyl (C=O) groups is 2. The van der Waals surface area contributed by atoms with Gasteiger partial charge in [-0.25, -0.2) is 0 Å². The minimum absolute atomic E-state index is 0.0343. The summed E-state index contributed by atoms with van der Waals surface area (Å²) in [4.78, 5) is 32.2. The average Bonchev–Trinajstić information content (AvgIpc) is 3.61. The molecule has 3 aromatic rings. The van der Waals surface area contributed by atoms with Gasteiger partial charge in [-0.2, -0.15) is 4.80 Å². The molecule has 3 heterocycles. The normalized spacial score (nSPS) is 17.9. The lowest BCUT2D eigenvalue weighted by molar-refractivity contribution is -0.144. The van der Waals surface area contributed by atoms with Crippen molar-refractivity contribution in [2.45, 2.75) is 76.0 Å². The summed E-state index contributed by atoms with van der Waals surface area (Å²) in [5.74, 6) is 0.298. The van der Waals surface area contributed by atoms with Crippen molar-refractivity contribution in [1.29, 1.82) is 0 Å². The molecule has 0 bridgehead atoms. The fourth-order valence-corrected chi connectivity index (χ4v) is 6.42. The maximum absolute atomic E-state index is 13.7. The summed E-state index contributed by atoms with van der Waals surface area (Å²) in [5.41, 5.74) is 0. The van der Waals surface area contributed by atoms with Gasteiger partial charge in [0.05, 0.1) is 4.88 Å². The summed E-state index contributed by atoms with van der Waals surface area (Å²) >= 11 is 3.06. The molecule has 2 aliphatic rings. The van der Waals surface area contributed by atoms with E-state index >= 15 is 0 Å². The highest BCUT2D eigenvalue weighted by Gasteiger charge is 2.39. The van der Waals surface area contributed by atoms with Crippen LogP contribution >= 0.6 is 22.7 Å². The fraction of sp³-hybridized carbons (Fsp3) is 0.522. The second-order valence-corrected chi connectivity index (χ2v) is 10.7. The summed E-state index contributed by atoms with van der Waals surface area (Å²) in [6.45, 7) is -0.0343. The molecule has 0 aliphatic heterocycles. The van der Waals surface area contributed by atoms with Gasteiger partial charge in [-0.1, -0.05) is 37.8 Å². The first kappa shape index (κ1) is 22.2. The lowest BCUT2D eigenvalue weighted by atomic mass is 10.1. The Hall–Kier alpha value is -2.59. The van der Waals surface area contributed by atoms with Gasteiger partial charge in [0.15, 0.2) is 0 Å². The van der Waals surface area contributed by atoms with Gasteiger partial charge in [-0.3, -0.25) is 9.59 Å². The van der Waals surface area contributed by atoms with E-state index in [1.54, 1.807) is 0 Å². The van der Waals surface area contributed by atoms with Crippen LogP contribution in [0.2, 0.25) is 0 Å². The molecule has 2 fully saturated rings. The number of hydrogen-bond donors (Lipinski definition) is 1. The summed E-state index contributed by atoms with van der Waals surface area (Å²) in [6.07, 6.45) is 8.27. The molecule has 2 saturated carbocycles. The van der Waals surface area contributed by atoms with Gasteiger partial charge in [0, 0.05) is 17.0 Å². The molecule has 0 radical (unpaired) electrons. The summed E-state index contributed by atoms with van der Waals surface area (Å²) in [5, 5.41) is 19.8. The Morgan fingerprint density at radius 1 is 1.06 bits per heavy atom.